The highest BCUT2D eigenvalue weighted by molar-refractivity contribution is 5.97. The van der Waals surface area contributed by atoms with Gasteiger partial charge in [0.15, 0.2) is 6.29 Å². The molecule has 0 fully saturated rings. The fourth-order valence-electron chi connectivity index (χ4n) is 3.49. The maximum absolute atomic E-state index is 12.3. The Balaban J connectivity index is 1.51. The van der Waals surface area contributed by atoms with Crippen molar-refractivity contribution >= 4 is 29.4 Å². The molecule has 0 saturated heterocycles. The van der Waals surface area contributed by atoms with Gasteiger partial charge in [-0.25, -0.2) is 4.79 Å². The number of benzene rings is 1. The van der Waals surface area contributed by atoms with Crippen molar-refractivity contribution in [3.63, 3.8) is 0 Å². The van der Waals surface area contributed by atoms with Crippen LogP contribution in [0.25, 0.3) is 0 Å². The molecule has 0 bridgehead atoms. The molecule has 2 aliphatic heterocycles. The van der Waals surface area contributed by atoms with Crippen molar-refractivity contribution in [2.24, 2.45) is 11.7 Å². The molecule has 32 heavy (non-hydrogen) atoms. The molecule has 0 saturated carbocycles. The van der Waals surface area contributed by atoms with E-state index in [1.165, 1.54) is 0 Å². The van der Waals surface area contributed by atoms with Gasteiger partial charge in [-0.05, 0) is 43.0 Å². The van der Waals surface area contributed by atoms with E-state index in [4.69, 9.17) is 15.9 Å². The lowest BCUT2D eigenvalue weighted by molar-refractivity contribution is -0.140. The Kier molecular flexibility index (Phi) is 7.15. The van der Waals surface area contributed by atoms with Crippen LogP contribution in [0, 0.1) is 5.92 Å². The molecule has 1 aromatic carbocycles. The highest BCUT2D eigenvalue weighted by Crippen LogP contribution is 2.21. The normalized spacial score (nSPS) is 20.7. The molecule has 0 aromatic heterocycles. The lowest BCUT2D eigenvalue weighted by Gasteiger charge is -2.34. The molecule has 2 amide bonds. The zero-order valence-electron chi connectivity index (χ0n) is 17.2. The predicted molar refractivity (Wildman–Crippen MR) is 113 cm³/mol. The Morgan fingerprint density at radius 2 is 1.88 bits per heavy atom. The number of carboxylic acid groups (broad SMARTS) is 2. The molecule has 12 nitrogen and oxygen atoms in total. The second-order valence-electron chi connectivity index (χ2n) is 7.66. The summed E-state index contributed by atoms with van der Waals surface area (Å²) in [4.78, 5) is 46.3. The number of carbonyl (C=O) groups excluding carboxylic acids is 2. The van der Waals surface area contributed by atoms with Crippen LogP contribution in [0.1, 0.15) is 29.6 Å². The number of carbonyl (C=O) groups is 4. The van der Waals surface area contributed by atoms with Crippen molar-refractivity contribution in [3.05, 3.63) is 41.2 Å². The number of hydrogen-bond acceptors (Lipinski definition) is 8. The van der Waals surface area contributed by atoms with E-state index in [1.54, 1.807) is 24.3 Å². The van der Waals surface area contributed by atoms with Crippen LogP contribution in [0.4, 0.5) is 5.69 Å². The van der Waals surface area contributed by atoms with Gasteiger partial charge in [0.1, 0.15) is 11.9 Å². The van der Waals surface area contributed by atoms with E-state index >= 15 is 0 Å². The average Bonchev–Trinajstić information content (AvgIpc) is 2.75. The van der Waals surface area contributed by atoms with Crippen LogP contribution in [0.15, 0.2) is 35.7 Å². The van der Waals surface area contributed by atoms with Crippen LogP contribution in [0.2, 0.25) is 0 Å². The number of rotatable bonds is 9. The zero-order valence-corrected chi connectivity index (χ0v) is 17.2. The van der Waals surface area contributed by atoms with Crippen molar-refractivity contribution < 1.29 is 29.4 Å². The van der Waals surface area contributed by atoms with Crippen molar-refractivity contribution in [1.82, 2.24) is 21.3 Å². The fraction of sp³-hybridized carbons (Fsp3) is 0.400. The first kappa shape index (κ1) is 22.9. The van der Waals surface area contributed by atoms with E-state index in [-0.39, 0.29) is 30.2 Å². The number of anilines is 1. The molecule has 3 rings (SSSR count). The number of carboxylic acids is 2. The molecule has 2 heterocycles. The van der Waals surface area contributed by atoms with E-state index in [0.29, 0.717) is 30.9 Å². The molecule has 1 aromatic rings. The summed E-state index contributed by atoms with van der Waals surface area (Å²) in [5.74, 6) is -2.40. The topological polar surface area (TPSA) is 195 Å². The minimum atomic E-state index is -1.29. The van der Waals surface area contributed by atoms with Gasteiger partial charge in [-0.15, -0.1) is 0 Å². The van der Waals surface area contributed by atoms with Crippen LogP contribution in [-0.4, -0.2) is 59.4 Å². The first-order valence-electron chi connectivity index (χ1n) is 10.1. The second-order valence-corrected chi connectivity index (χ2v) is 7.66. The summed E-state index contributed by atoms with van der Waals surface area (Å²) in [7, 11) is 0. The van der Waals surface area contributed by atoms with Gasteiger partial charge in [0.25, 0.3) is 11.8 Å². The zero-order chi connectivity index (χ0) is 23.3. The van der Waals surface area contributed by atoms with Crippen LogP contribution in [0.3, 0.4) is 0 Å². The van der Waals surface area contributed by atoms with E-state index < -0.39 is 30.2 Å². The molecule has 172 valence electrons. The monoisotopic (exact) mass is 446 g/mol. The van der Waals surface area contributed by atoms with Gasteiger partial charge in [0.05, 0.1) is 5.57 Å². The molecule has 0 radical (unpaired) electrons. The molecule has 0 aliphatic carbocycles. The number of hydrogen-bond donors (Lipinski definition) is 8. The summed E-state index contributed by atoms with van der Waals surface area (Å²) in [6.07, 6.45) is -0.599. The summed E-state index contributed by atoms with van der Waals surface area (Å²) in [5.41, 5.74) is 7.34. The fourth-order valence-corrected chi connectivity index (χ4v) is 3.49. The summed E-state index contributed by atoms with van der Waals surface area (Å²) in [6, 6.07) is 5.20. The maximum atomic E-state index is 12.3. The highest BCUT2D eigenvalue weighted by Gasteiger charge is 2.30. The second kappa shape index (κ2) is 10.0. The van der Waals surface area contributed by atoms with Gasteiger partial charge < -0.3 is 36.8 Å². The van der Waals surface area contributed by atoms with Gasteiger partial charge in [0, 0.05) is 30.8 Å². The smallest absolute Gasteiger partial charge is 0.326 e. The first-order valence-corrected chi connectivity index (χ1v) is 10.1. The lowest BCUT2D eigenvalue weighted by Crippen LogP contribution is -2.59. The van der Waals surface area contributed by atoms with Crippen molar-refractivity contribution in [1.29, 1.82) is 0 Å². The SMILES string of the molecule is NC1NC(=O)C2=C(NC[C@@H](CNc3ccc(C(=O)N[C@@H](CCC(=O)O)C(=O)O)cc3)C2)N1. The van der Waals surface area contributed by atoms with Crippen molar-refractivity contribution in [2.75, 3.05) is 18.4 Å². The summed E-state index contributed by atoms with van der Waals surface area (Å²) >= 11 is 0. The van der Waals surface area contributed by atoms with Crippen LogP contribution >= 0.6 is 0 Å². The third-order valence-electron chi connectivity index (χ3n) is 5.21. The van der Waals surface area contributed by atoms with Gasteiger partial charge >= 0.3 is 11.9 Å². The average molecular weight is 446 g/mol. The summed E-state index contributed by atoms with van der Waals surface area (Å²) < 4.78 is 0. The quantitative estimate of drug-likeness (QED) is 0.231. The first-order chi connectivity index (χ1) is 15.2. The molecule has 1 unspecified atom stereocenters. The predicted octanol–water partition coefficient (Wildman–Crippen LogP) is -1.07. The van der Waals surface area contributed by atoms with Gasteiger partial charge in [0.2, 0.25) is 0 Å². The molecule has 2 aliphatic rings. The Labute approximate surface area is 183 Å². The van der Waals surface area contributed by atoms with Gasteiger partial charge in [-0.1, -0.05) is 0 Å². The van der Waals surface area contributed by atoms with Crippen molar-refractivity contribution in [3.8, 4) is 0 Å². The third kappa shape index (κ3) is 5.88. The maximum Gasteiger partial charge on any atom is 0.326 e. The highest BCUT2D eigenvalue weighted by atomic mass is 16.4. The Morgan fingerprint density at radius 1 is 1.16 bits per heavy atom. The van der Waals surface area contributed by atoms with E-state index in [2.05, 4.69) is 26.6 Å². The van der Waals surface area contributed by atoms with Gasteiger partial charge in [-0.2, -0.15) is 0 Å². The molecular weight excluding hydrogens is 420 g/mol. The Hall–Kier alpha value is -3.80. The Bertz CT molecular complexity index is 931. The summed E-state index contributed by atoms with van der Waals surface area (Å²) in [5, 5.41) is 32.3. The molecule has 12 heteroatoms. The standard InChI is InChI=1S/C20H26N6O6/c21-20-25-16-13(18(30)26-20)7-10(9-23-16)8-22-12-3-1-11(2-4-12)17(29)24-14(19(31)32)5-6-15(27)28/h1-4,10,14,20,22-23,25H,5-9,21H2,(H,24,29)(H,26,30)(H,27,28)(H,31,32)/t10-,14+,20?/m1/s1. The van der Waals surface area contributed by atoms with E-state index in [1.807, 2.05) is 0 Å². The van der Waals surface area contributed by atoms with E-state index in [9.17, 15) is 19.2 Å². The molecule has 3 atom stereocenters. The van der Waals surface area contributed by atoms with Crippen LogP contribution in [-0.2, 0) is 14.4 Å². The van der Waals surface area contributed by atoms with Crippen LogP contribution in [0.5, 0.6) is 0 Å². The lowest BCUT2D eigenvalue weighted by atomic mass is 9.94. The summed E-state index contributed by atoms with van der Waals surface area (Å²) in [6.45, 7) is 1.25. The van der Waals surface area contributed by atoms with Crippen molar-refractivity contribution in [2.45, 2.75) is 31.6 Å². The number of aliphatic carboxylic acids is 2. The third-order valence-corrected chi connectivity index (χ3v) is 5.21. The minimum absolute atomic E-state index is 0.157. The molecular formula is C20H26N6O6. The number of nitrogens with two attached hydrogens (primary N) is 1. The number of nitrogens with one attached hydrogen (secondary N) is 5. The Morgan fingerprint density at radius 3 is 2.53 bits per heavy atom. The van der Waals surface area contributed by atoms with E-state index in [0.717, 1.165) is 5.69 Å². The minimum Gasteiger partial charge on any atom is -0.481 e. The molecule has 0 spiro atoms. The molecule has 9 N–H and O–H groups in total. The largest absolute Gasteiger partial charge is 0.481 e. The number of amides is 2. The van der Waals surface area contributed by atoms with Crippen LogP contribution < -0.4 is 32.3 Å². The van der Waals surface area contributed by atoms with Gasteiger partial charge in [-0.3, -0.25) is 20.1 Å².